The monoisotopic (exact) mass is 463 g/mol. The first kappa shape index (κ1) is 22.6. The molecule has 7 heteroatoms. The topological polar surface area (TPSA) is 90.6 Å². The van der Waals surface area contributed by atoms with Gasteiger partial charge in [0.25, 0.3) is 0 Å². The van der Waals surface area contributed by atoms with E-state index in [0.717, 1.165) is 42.1 Å². The molecule has 2 aromatic carbocycles. The van der Waals surface area contributed by atoms with Crippen molar-refractivity contribution in [1.29, 1.82) is 5.26 Å². The summed E-state index contributed by atoms with van der Waals surface area (Å²) in [6.45, 7) is 3.77. The molecule has 2 aromatic heterocycles. The van der Waals surface area contributed by atoms with Gasteiger partial charge in [0.1, 0.15) is 5.82 Å². The van der Waals surface area contributed by atoms with Crippen molar-refractivity contribution in [2.24, 2.45) is 7.05 Å². The predicted molar refractivity (Wildman–Crippen MR) is 139 cm³/mol. The summed E-state index contributed by atoms with van der Waals surface area (Å²) in [7, 11) is 1.92. The summed E-state index contributed by atoms with van der Waals surface area (Å²) in [5.74, 6) is 0.848. The summed E-state index contributed by atoms with van der Waals surface area (Å²) in [5, 5.41) is 24.4. The summed E-state index contributed by atoms with van der Waals surface area (Å²) in [5.41, 5.74) is 5.89. The molecule has 0 bridgehead atoms. The van der Waals surface area contributed by atoms with Gasteiger partial charge in [0.2, 0.25) is 0 Å². The van der Waals surface area contributed by atoms with Crippen LogP contribution >= 0.6 is 0 Å². The maximum absolute atomic E-state index is 9.04. The molecule has 3 N–H and O–H groups in total. The molecule has 0 saturated heterocycles. The van der Waals surface area contributed by atoms with E-state index >= 15 is 0 Å². The average molecular weight is 464 g/mol. The zero-order valence-electron chi connectivity index (χ0n) is 20.0. The predicted octanol–water partition coefficient (Wildman–Crippen LogP) is 4.52. The first-order valence-corrected chi connectivity index (χ1v) is 11.8. The Morgan fingerprint density at radius 1 is 1.11 bits per heavy atom. The first-order chi connectivity index (χ1) is 17.0. The number of anilines is 2. The zero-order chi connectivity index (χ0) is 24.3. The molecule has 35 heavy (non-hydrogen) atoms. The van der Waals surface area contributed by atoms with Crippen LogP contribution in [-0.2, 0) is 13.5 Å². The van der Waals surface area contributed by atoms with Gasteiger partial charge in [-0.05, 0) is 49.2 Å². The molecule has 1 aliphatic heterocycles. The minimum absolute atomic E-state index is 0.0579. The molecule has 1 aliphatic rings. The Morgan fingerprint density at radius 2 is 1.91 bits per heavy atom. The molecule has 0 spiro atoms. The largest absolute Gasteiger partial charge is 0.380 e. The van der Waals surface area contributed by atoms with E-state index in [2.05, 4.69) is 64.4 Å². The first-order valence-electron chi connectivity index (χ1n) is 11.8. The van der Waals surface area contributed by atoms with Gasteiger partial charge in [-0.3, -0.25) is 4.68 Å². The van der Waals surface area contributed by atoms with Gasteiger partial charge in [-0.1, -0.05) is 42.5 Å². The fourth-order valence-electron chi connectivity index (χ4n) is 4.66. The van der Waals surface area contributed by atoms with Crippen LogP contribution in [0.5, 0.6) is 0 Å². The number of aryl methyl sites for hydroxylation is 1. The van der Waals surface area contributed by atoms with Gasteiger partial charge in [-0.25, -0.2) is 4.98 Å². The minimum atomic E-state index is -0.304. The molecule has 0 aliphatic carbocycles. The molecule has 176 valence electrons. The van der Waals surface area contributed by atoms with Crippen LogP contribution in [0.3, 0.4) is 0 Å². The van der Waals surface area contributed by atoms with Crippen LogP contribution < -0.4 is 16.0 Å². The number of nitriles is 1. The summed E-state index contributed by atoms with van der Waals surface area (Å²) in [6.07, 6.45) is 6.62. The molecule has 0 unspecified atom stereocenters. The van der Waals surface area contributed by atoms with Crippen LogP contribution in [0.25, 0.3) is 11.1 Å². The fraction of sp³-hybridized carbons (Fsp3) is 0.250. The van der Waals surface area contributed by atoms with Crippen molar-refractivity contribution >= 4 is 11.5 Å². The highest BCUT2D eigenvalue weighted by Gasteiger charge is 2.38. The second-order valence-electron chi connectivity index (χ2n) is 9.28. The highest BCUT2D eigenvalue weighted by molar-refractivity contribution is 5.75. The Bertz CT molecular complexity index is 1340. The highest BCUT2D eigenvalue weighted by atomic mass is 15.2. The highest BCUT2D eigenvalue weighted by Crippen LogP contribution is 2.37. The average Bonchev–Trinajstić information content (AvgIpc) is 3.33. The van der Waals surface area contributed by atoms with Gasteiger partial charge in [0.05, 0.1) is 35.1 Å². The van der Waals surface area contributed by atoms with E-state index in [4.69, 9.17) is 10.2 Å². The molecule has 4 aromatic rings. The number of aromatic nitrogens is 3. The number of fused-ring (bicyclic) bond motifs is 1. The van der Waals surface area contributed by atoms with Gasteiger partial charge in [-0.2, -0.15) is 10.4 Å². The Morgan fingerprint density at radius 3 is 2.63 bits per heavy atom. The summed E-state index contributed by atoms with van der Waals surface area (Å²) in [4.78, 5) is 4.76. The lowest BCUT2D eigenvalue weighted by Crippen LogP contribution is -2.54. The molecule has 0 fully saturated rings. The second kappa shape index (κ2) is 9.61. The van der Waals surface area contributed by atoms with Gasteiger partial charge in [-0.15, -0.1) is 0 Å². The maximum Gasteiger partial charge on any atom is 0.149 e. The smallest absolute Gasteiger partial charge is 0.149 e. The molecule has 2 atom stereocenters. The minimum Gasteiger partial charge on any atom is -0.380 e. The van der Waals surface area contributed by atoms with Crippen molar-refractivity contribution in [3.63, 3.8) is 0 Å². The second-order valence-corrected chi connectivity index (χ2v) is 9.28. The van der Waals surface area contributed by atoms with Crippen LogP contribution in [-0.4, -0.2) is 33.4 Å². The van der Waals surface area contributed by atoms with Crippen molar-refractivity contribution in [3.05, 3.63) is 95.9 Å². The number of hydrogen-bond donors (Lipinski definition) is 3. The molecule has 0 amide bonds. The normalized spacial score (nSPS) is 17.5. The van der Waals surface area contributed by atoms with Gasteiger partial charge < -0.3 is 16.0 Å². The van der Waals surface area contributed by atoms with Gasteiger partial charge >= 0.3 is 0 Å². The third-order valence-corrected chi connectivity index (χ3v) is 6.59. The zero-order valence-corrected chi connectivity index (χ0v) is 20.0. The Hall–Kier alpha value is -4.15. The number of benzene rings is 2. The molecular weight excluding hydrogens is 434 g/mol. The number of nitrogens with zero attached hydrogens (tertiary/aromatic N) is 4. The van der Waals surface area contributed by atoms with Crippen LogP contribution in [0.4, 0.5) is 11.5 Å². The Labute approximate surface area is 205 Å². The van der Waals surface area contributed by atoms with Crippen molar-refractivity contribution in [1.82, 2.24) is 20.1 Å². The summed E-state index contributed by atoms with van der Waals surface area (Å²) >= 11 is 0. The number of rotatable bonds is 7. The van der Waals surface area contributed by atoms with E-state index in [1.807, 2.05) is 56.0 Å². The van der Waals surface area contributed by atoms with E-state index in [1.54, 1.807) is 4.68 Å². The maximum atomic E-state index is 9.04. The van der Waals surface area contributed by atoms with Crippen molar-refractivity contribution in [2.45, 2.75) is 24.9 Å². The van der Waals surface area contributed by atoms with Crippen molar-refractivity contribution in [3.8, 4) is 17.2 Å². The Kier molecular flexibility index (Phi) is 6.21. The van der Waals surface area contributed by atoms with Crippen LogP contribution in [0.1, 0.15) is 29.7 Å². The van der Waals surface area contributed by atoms with Crippen LogP contribution in [0, 0.1) is 11.3 Å². The fourth-order valence-corrected chi connectivity index (χ4v) is 4.66. The number of hydrogen-bond acceptors (Lipinski definition) is 6. The number of pyridine rings is 1. The van der Waals surface area contributed by atoms with E-state index in [0.29, 0.717) is 5.56 Å². The van der Waals surface area contributed by atoms with Gasteiger partial charge in [0.15, 0.2) is 0 Å². The molecule has 0 radical (unpaired) electrons. The lowest BCUT2D eigenvalue weighted by molar-refractivity contribution is 0.362. The van der Waals surface area contributed by atoms with Crippen LogP contribution in [0.2, 0.25) is 0 Å². The lowest BCUT2D eigenvalue weighted by atomic mass is 9.85. The van der Waals surface area contributed by atoms with E-state index < -0.39 is 0 Å². The van der Waals surface area contributed by atoms with Crippen molar-refractivity contribution in [2.75, 3.05) is 23.7 Å². The SMILES string of the molecule is Cn1cc(-c2cnc3c(c2)NC[C@@](C)([C@H](NCCc2ccc(C#N)cc2)c2ccccc2)N3)cn1. The molecule has 3 heterocycles. The van der Waals surface area contributed by atoms with E-state index in [1.165, 1.54) is 11.1 Å². The molecule has 7 nitrogen and oxygen atoms in total. The van der Waals surface area contributed by atoms with Gasteiger partial charge in [0, 0.05) is 37.1 Å². The Balaban J connectivity index is 1.35. The van der Waals surface area contributed by atoms with Crippen LogP contribution in [0.15, 0.2) is 79.3 Å². The summed E-state index contributed by atoms with van der Waals surface area (Å²) in [6, 6.07) is 22.7. The third kappa shape index (κ3) is 4.88. The standard InChI is InChI=1S/C28H29N7/c1-28(19-32-25-14-23(16-31-27(25)34-28)24-17-33-35(2)18-24)26(22-6-4-3-5-7-22)30-13-12-20-8-10-21(15-29)11-9-20/h3-11,14,16-18,26,30,32H,12-13,19H2,1-2H3,(H,31,34)/t26-,28+/m1/s1. The third-order valence-electron chi connectivity index (χ3n) is 6.59. The molecule has 0 saturated carbocycles. The molecule has 5 rings (SSSR count). The summed E-state index contributed by atoms with van der Waals surface area (Å²) < 4.78 is 1.80. The van der Waals surface area contributed by atoms with Crippen molar-refractivity contribution < 1.29 is 0 Å². The number of nitrogens with one attached hydrogen (secondary N) is 3. The van der Waals surface area contributed by atoms with E-state index in [-0.39, 0.29) is 11.6 Å². The quantitative estimate of drug-likeness (QED) is 0.373. The molecular formula is C28H29N7. The van der Waals surface area contributed by atoms with E-state index in [9.17, 15) is 0 Å². The lowest BCUT2D eigenvalue weighted by Gasteiger charge is -2.43.